The van der Waals surface area contributed by atoms with Crippen molar-refractivity contribution in [1.29, 1.82) is 0 Å². The zero-order valence-electron chi connectivity index (χ0n) is 20.4. The summed E-state index contributed by atoms with van der Waals surface area (Å²) in [7, 11) is 0. The molecule has 14 heteroatoms. The Morgan fingerprint density at radius 1 is 0.950 bits per heavy atom. The van der Waals surface area contributed by atoms with E-state index in [0.29, 0.717) is 28.1 Å². The van der Waals surface area contributed by atoms with Gasteiger partial charge < -0.3 is 15.6 Å². The molecule has 1 aliphatic rings. The minimum Gasteiger partial charge on any atom is -0.341 e. The second-order valence-electron chi connectivity index (χ2n) is 8.62. The number of benzene rings is 2. The van der Waals surface area contributed by atoms with E-state index in [1.807, 2.05) is 0 Å². The highest BCUT2D eigenvalue weighted by Crippen LogP contribution is 2.34. The van der Waals surface area contributed by atoms with Gasteiger partial charge >= 0.3 is 12.1 Å². The third-order valence-corrected chi connectivity index (χ3v) is 6.25. The molecule has 5 aromatic rings. The normalized spacial score (nSPS) is 13.2. The molecule has 1 fully saturated rings. The Labute approximate surface area is 223 Å². The summed E-state index contributed by atoms with van der Waals surface area (Å²) in [6, 6.07) is 8.95. The Kier molecular flexibility index (Phi) is 6.18. The number of aromatic amines is 1. The standard InChI is InChI=1S/C26H18F3N9O2/c27-14-3-5-15(6-4-14)37-10-11-38(26(37)40)25(39)35-18-8-7-17(28)21(19(18)29)36-23-16(2-1-9-30-23)20-22-24(33-12-31-20)34-13-32-22/h1-9,12-13H,10-11H2,(H,30,36)(H,35,39)(H,31,32,33,34). The third-order valence-electron chi connectivity index (χ3n) is 6.25. The Bertz CT molecular complexity index is 1760. The van der Waals surface area contributed by atoms with E-state index >= 15 is 4.39 Å². The zero-order valence-corrected chi connectivity index (χ0v) is 20.4. The molecular weight excluding hydrogens is 527 g/mol. The van der Waals surface area contributed by atoms with Gasteiger partial charge in [-0.3, -0.25) is 4.90 Å². The number of imide groups is 1. The van der Waals surface area contributed by atoms with Crippen molar-refractivity contribution in [3.8, 4) is 11.3 Å². The van der Waals surface area contributed by atoms with Crippen LogP contribution in [0.4, 0.5) is 45.6 Å². The average molecular weight is 545 g/mol. The Balaban J connectivity index is 1.25. The van der Waals surface area contributed by atoms with Crippen molar-refractivity contribution in [2.24, 2.45) is 0 Å². The SMILES string of the molecule is O=C(Nc1ccc(F)c(Nc2ncccc2-c2ncnc3nc[nH]c23)c1F)N1CCN(c2ccc(F)cc2)C1=O. The fourth-order valence-corrected chi connectivity index (χ4v) is 4.32. The smallest absolute Gasteiger partial charge is 0.332 e. The van der Waals surface area contributed by atoms with Crippen LogP contribution in [0.15, 0.2) is 67.4 Å². The molecule has 200 valence electrons. The zero-order chi connectivity index (χ0) is 27.8. The van der Waals surface area contributed by atoms with Crippen LogP contribution in [0.5, 0.6) is 0 Å². The van der Waals surface area contributed by atoms with E-state index < -0.39 is 35.2 Å². The molecule has 2 aromatic carbocycles. The average Bonchev–Trinajstić information content (AvgIpc) is 3.60. The molecule has 3 aromatic heterocycles. The first kappa shape index (κ1) is 24.8. The largest absolute Gasteiger partial charge is 0.341 e. The lowest BCUT2D eigenvalue weighted by Crippen LogP contribution is -2.39. The molecule has 0 saturated carbocycles. The van der Waals surface area contributed by atoms with Gasteiger partial charge in [0.15, 0.2) is 11.5 Å². The van der Waals surface area contributed by atoms with Gasteiger partial charge in [0.05, 0.1) is 18.6 Å². The highest BCUT2D eigenvalue weighted by atomic mass is 19.1. The lowest BCUT2D eigenvalue weighted by molar-refractivity contribution is 0.209. The number of carbonyl (C=O) groups is 2. The first-order valence-electron chi connectivity index (χ1n) is 11.9. The van der Waals surface area contributed by atoms with Gasteiger partial charge in [0.2, 0.25) is 0 Å². The molecule has 0 bridgehead atoms. The van der Waals surface area contributed by atoms with Crippen LogP contribution in [0.3, 0.4) is 0 Å². The van der Waals surface area contributed by atoms with Gasteiger partial charge in [-0.2, -0.15) is 0 Å². The van der Waals surface area contributed by atoms with Gasteiger partial charge in [-0.25, -0.2) is 47.6 Å². The van der Waals surface area contributed by atoms with Crippen molar-refractivity contribution in [3.63, 3.8) is 0 Å². The van der Waals surface area contributed by atoms with E-state index in [1.54, 1.807) is 12.1 Å². The summed E-state index contributed by atoms with van der Waals surface area (Å²) in [4.78, 5) is 47.5. The number of imidazole rings is 1. The van der Waals surface area contributed by atoms with Crippen molar-refractivity contribution < 1.29 is 22.8 Å². The van der Waals surface area contributed by atoms with Crippen LogP contribution < -0.4 is 15.5 Å². The van der Waals surface area contributed by atoms with Gasteiger partial charge in [-0.15, -0.1) is 0 Å². The van der Waals surface area contributed by atoms with Crippen molar-refractivity contribution in [2.75, 3.05) is 28.6 Å². The van der Waals surface area contributed by atoms with Crippen molar-refractivity contribution in [1.82, 2.24) is 29.8 Å². The fraction of sp³-hybridized carbons (Fsp3) is 0.0769. The summed E-state index contributed by atoms with van der Waals surface area (Å²) in [6.07, 6.45) is 4.19. The molecule has 11 nitrogen and oxygen atoms in total. The van der Waals surface area contributed by atoms with Crippen LogP contribution in [0.2, 0.25) is 0 Å². The lowest BCUT2D eigenvalue weighted by Gasteiger charge is -2.19. The second kappa shape index (κ2) is 9.98. The third kappa shape index (κ3) is 4.40. The van der Waals surface area contributed by atoms with Gasteiger partial charge in [-0.05, 0) is 48.5 Å². The topological polar surface area (TPSA) is 132 Å². The lowest BCUT2D eigenvalue weighted by atomic mass is 10.1. The van der Waals surface area contributed by atoms with Crippen LogP contribution >= 0.6 is 0 Å². The number of H-pyrrole nitrogens is 1. The number of pyridine rings is 1. The number of hydrogen-bond donors (Lipinski definition) is 3. The predicted molar refractivity (Wildman–Crippen MR) is 139 cm³/mol. The summed E-state index contributed by atoms with van der Waals surface area (Å²) in [5.41, 5.74) is 1.19. The number of nitrogens with one attached hydrogen (secondary N) is 3. The number of hydrogen-bond acceptors (Lipinski definition) is 7. The van der Waals surface area contributed by atoms with E-state index in [2.05, 4.69) is 35.6 Å². The maximum atomic E-state index is 15.5. The highest BCUT2D eigenvalue weighted by Gasteiger charge is 2.34. The molecular formula is C26H18F3N9O2. The van der Waals surface area contributed by atoms with E-state index in [9.17, 15) is 18.4 Å². The molecule has 4 amide bonds. The molecule has 1 aliphatic heterocycles. The number of anilines is 4. The molecule has 0 aliphatic carbocycles. The second-order valence-corrected chi connectivity index (χ2v) is 8.62. The summed E-state index contributed by atoms with van der Waals surface area (Å²) >= 11 is 0. The molecule has 3 N–H and O–H groups in total. The predicted octanol–water partition coefficient (Wildman–Crippen LogP) is 5.05. The summed E-state index contributed by atoms with van der Waals surface area (Å²) in [6.45, 7) is 0.167. The molecule has 0 unspecified atom stereocenters. The number of amides is 4. The quantitative estimate of drug-likeness (QED) is 0.282. The molecule has 4 heterocycles. The number of halogens is 3. The van der Waals surface area contributed by atoms with Gasteiger partial charge in [0.1, 0.15) is 40.7 Å². The first-order valence-corrected chi connectivity index (χ1v) is 11.9. The monoisotopic (exact) mass is 545 g/mol. The molecule has 0 radical (unpaired) electrons. The number of aromatic nitrogens is 5. The van der Waals surface area contributed by atoms with E-state index in [0.717, 1.165) is 17.0 Å². The minimum absolute atomic E-state index is 0.00820. The van der Waals surface area contributed by atoms with E-state index in [1.165, 1.54) is 48.0 Å². The van der Waals surface area contributed by atoms with Crippen molar-refractivity contribution >= 4 is 46.1 Å². The Hall–Kier alpha value is -5.53. The molecule has 6 rings (SSSR count). The fourth-order valence-electron chi connectivity index (χ4n) is 4.32. The van der Waals surface area contributed by atoms with Gasteiger partial charge in [-0.1, -0.05) is 0 Å². The van der Waals surface area contributed by atoms with E-state index in [4.69, 9.17) is 0 Å². The van der Waals surface area contributed by atoms with Crippen LogP contribution in [-0.2, 0) is 0 Å². The maximum absolute atomic E-state index is 15.5. The number of urea groups is 2. The number of fused-ring (bicyclic) bond motifs is 1. The van der Waals surface area contributed by atoms with E-state index in [-0.39, 0.29) is 24.6 Å². The van der Waals surface area contributed by atoms with Crippen molar-refractivity contribution in [3.05, 3.63) is 84.8 Å². The summed E-state index contributed by atoms with van der Waals surface area (Å²) in [5.74, 6) is -2.43. The maximum Gasteiger partial charge on any atom is 0.332 e. The number of nitrogens with zero attached hydrogens (tertiary/aromatic N) is 6. The van der Waals surface area contributed by atoms with Crippen LogP contribution in [0.25, 0.3) is 22.4 Å². The number of rotatable bonds is 5. The molecule has 1 saturated heterocycles. The molecule has 40 heavy (non-hydrogen) atoms. The minimum atomic E-state index is -1.11. The summed E-state index contributed by atoms with van der Waals surface area (Å²) in [5, 5.41) is 4.99. The molecule has 0 atom stereocenters. The van der Waals surface area contributed by atoms with Gasteiger partial charge in [0.25, 0.3) is 0 Å². The Morgan fingerprint density at radius 3 is 2.60 bits per heavy atom. The van der Waals surface area contributed by atoms with Crippen molar-refractivity contribution in [2.45, 2.75) is 0 Å². The van der Waals surface area contributed by atoms with Crippen LogP contribution in [0, 0.1) is 17.5 Å². The van der Waals surface area contributed by atoms with Gasteiger partial charge in [0, 0.05) is 24.0 Å². The summed E-state index contributed by atoms with van der Waals surface area (Å²) < 4.78 is 43.6. The first-order chi connectivity index (χ1) is 19.4. The van der Waals surface area contributed by atoms with Crippen LogP contribution in [0.1, 0.15) is 0 Å². The highest BCUT2D eigenvalue weighted by molar-refractivity contribution is 6.08. The molecule has 0 spiro atoms. The van der Waals surface area contributed by atoms with Crippen LogP contribution in [-0.4, -0.2) is 55.0 Å². The Morgan fingerprint density at radius 2 is 1.77 bits per heavy atom. The number of carbonyl (C=O) groups excluding carboxylic acids is 2.